The van der Waals surface area contributed by atoms with Crippen molar-refractivity contribution in [2.24, 2.45) is 5.11 Å². The van der Waals surface area contributed by atoms with E-state index in [1.807, 2.05) is 0 Å². The second kappa shape index (κ2) is 6.34. The molecule has 3 N–H and O–H groups in total. The van der Waals surface area contributed by atoms with Crippen molar-refractivity contribution in [2.75, 3.05) is 12.3 Å². The number of rotatable bonds is 5. The van der Waals surface area contributed by atoms with Crippen LogP contribution in [0.25, 0.3) is 10.4 Å². The summed E-state index contributed by atoms with van der Waals surface area (Å²) in [5.74, 6) is -0.0691. The molecule has 2 heterocycles. The van der Waals surface area contributed by atoms with E-state index in [0.29, 0.717) is 0 Å². The van der Waals surface area contributed by atoms with Crippen molar-refractivity contribution in [2.45, 2.75) is 24.2 Å². The van der Waals surface area contributed by atoms with Gasteiger partial charge in [-0.15, -0.1) is 0 Å². The summed E-state index contributed by atoms with van der Waals surface area (Å²) in [5.41, 5.74) is 10.7. The fourth-order valence-electron chi connectivity index (χ4n) is 2.01. The van der Waals surface area contributed by atoms with Crippen molar-refractivity contribution in [1.29, 1.82) is 0 Å². The number of hydrogen-bond donors (Lipinski definition) is 2. The number of halogens is 1. The Morgan fingerprint density at radius 2 is 2.50 bits per heavy atom. The topological polar surface area (TPSA) is 165 Å². The first-order valence-corrected chi connectivity index (χ1v) is 6.53. The highest BCUT2D eigenvalue weighted by molar-refractivity contribution is 7.17. The predicted octanol–water partition coefficient (Wildman–Crippen LogP) is 0.283. The van der Waals surface area contributed by atoms with Gasteiger partial charge in [-0.1, -0.05) is 5.11 Å². The van der Waals surface area contributed by atoms with E-state index in [1.165, 1.54) is 6.07 Å². The van der Waals surface area contributed by atoms with E-state index in [2.05, 4.69) is 19.5 Å². The van der Waals surface area contributed by atoms with Crippen molar-refractivity contribution in [1.82, 2.24) is 9.55 Å². The Bertz CT molecular complexity index is 681. The van der Waals surface area contributed by atoms with Gasteiger partial charge in [-0.3, -0.25) is 9.09 Å². The van der Waals surface area contributed by atoms with Crippen molar-refractivity contribution in [3.8, 4) is 0 Å². The summed E-state index contributed by atoms with van der Waals surface area (Å²) in [7, 11) is -0.797. The van der Waals surface area contributed by atoms with Gasteiger partial charge in [0.2, 0.25) is 5.72 Å². The SMILES string of the molecule is [N-]=[N+]=N[C@]1(COP=O)O[C@H](n2ccc(N)nc2=O)[C@H](O)[C@@H]1F. The van der Waals surface area contributed by atoms with Crippen LogP contribution in [-0.2, 0) is 13.8 Å². The molecule has 0 bridgehead atoms. The number of nitrogen functional groups attached to an aromatic ring is 1. The molecular weight excluding hydrogens is 322 g/mol. The van der Waals surface area contributed by atoms with E-state index < -0.39 is 45.2 Å². The summed E-state index contributed by atoms with van der Waals surface area (Å²) in [6.45, 7) is -0.728. The fraction of sp³-hybridized carbons (Fsp3) is 0.556. The first-order valence-electron chi connectivity index (χ1n) is 5.80. The molecule has 1 fully saturated rings. The summed E-state index contributed by atoms with van der Waals surface area (Å²) in [6.07, 6.45) is -4.45. The predicted molar refractivity (Wildman–Crippen MR) is 69.4 cm³/mol. The number of nitrogens with two attached hydrogens (primary N) is 1. The molecule has 22 heavy (non-hydrogen) atoms. The maximum Gasteiger partial charge on any atom is 0.351 e. The van der Waals surface area contributed by atoms with E-state index in [4.69, 9.17) is 16.0 Å². The molecule has 0 aliphatic carbocycles. The van der Waals surface area contributed by atoms with Gasteiger partial charge >= 0.3 is 14.4 Å². The van der Waals surface area contributed by atoms with Gasteiger partial charge in [-0.05, 0) is 11.6 Å². The Labute approximate surface area is 123 Å². The second-order valence-corrected chi connectivity index (χ2v) is 4.73. The summed E-state index contributed by atoms with van der Waals surface area (Å²) < 4.78 is 35.1. The van der Waals surface area contributed by atoms with E-state index in [1.54, 1.807) is 0 Å². The van der Waals surface area contributed by atoms with Gasteiger partial charge in [-0.2, -0.15) is 4.98 Å². The minimum absolute atomic E-state index is 0.0691. The average molecular weight is 332 g/mol. The molecule has 0 aromatic carbocycles. The zero-order chi connectivity index (χ0) is 16.3. The van der Waals surface area contributed by atoms with Crippen LogP contribution < -0.4 is 11.4 Å². The van der Waals surface area contributed by atoms with Crippen LogP contribution in [0.15, 0.2) is 22.2 Å². The number of anilines is 1. The molecule has 4 atom stereocenters. The molecule has 13 heteroatoms. The molecule has 11 nitrogen and oxygen atoms in total. The average Bonchev–Trinajstić information content (AvgIpc) is 2.71. The Balaban J connectivity index is 2.41. The molecule has 2 rings (SSSR count). The second-order valence-electron chi connectivity index (χ2n) is 4.33. The van der Waals surface area contributed by atoms with Crippen LogP contribution in [0.1, 0.15) is 6.23 Å². The molecule has 1 aromatic rings. The minimum atomic E-state index is -2.27. The van der Waals surface area contributed by atoms with Crippen molar-refractivity contribution in [3.05, 3.63) is 33.2 Å². The minimum Gasteiger partial charge on any atom is -0.385 e. The molecule has 0 amide bonds. The van der Waals surface area contributed by atoms with Crippen LogP contribution in [0, 0.1) is 0 Å². The number of aromatic nitrogens is 2. The lowest BCUT2D eigenvalue weighted by Gasteiger charge is -2.23. The quantitative estimate of drug-likeness (QED) is 0.338. The van der Waals surface area contributed by atoms with Crippen LogP contribution in [-0.4, -0.2) is 39.3 Å². The molecule has 118 valence electrons. The van der Waals surface area contributed by atoms with Crippen LogP contribution in [0.5, 0.6) is 0 Å². The van der Waals surface area contributed by atoms with Gasteiger partial charge in [0, 0.05) is 11.1 Å². The molecular formula is C9H10FN6O5P. The molecule has 1 saturated heterocycles. The van der Waals surface area contributed by atoms with Crippen molar-refractivity contribution >= 4 is 14.5 Å². The van der Waals surface area contributed by atoms with Gasteiger partial charge in [-0.25, -0.2) is 13.8 Å². The van der Waals surface area contributed by atoms with Gasteiger partial charge < -0.3 is 15.6 Å². The Morgan fingerprint density at radius 1 is 1.77 bits per heavy atom. The van der Waals surface area contributed by atoms with Gasteiger partial charge in [0.25, 0.3) is 0 Å². The largest absolute Gasteiger partial charge is 0.385 e. The van der Waals surface area contributed by atoms with Crippen molar-refractivity contribution < 1.29 is 23.3 Å². The van der Waals surface area contributed by atoms with E-state index in [9.17, 15) is 18.9 Å². The summed E-state index contributed by atoms with van der Waals surface area (Å²) in [6, 6.07) is 1.24. The van der Waals surface area contributed by atoms with Gasteiger partial charge in [0.15, 0.2) is 12.4 Å². The third kappa shape index (κ3) is 2.78. The monoisotopic (exact) mass is 332 g/mol. The summed E-state index contributed by atoms with van der Waals surface area (Å²) in [5, 5.41) is 13.1. The summed E-state index contributed by atoms with van der Waals surface area (Å²) >= 11 is 0. The zero-order valence-electron chi connectivity index (χ0n) is 10.8. The van der Waals surface area contributed by atoms with Crippen LogP contribution in [0.3, 0.4) is 0 Å². The van der Waals surface area contributed by atoms with E-state index in [0.717, 1.165) is 10.8 Å². The standard InChI is InChI=1S/C9H10FN6O5P/c10-6-5(17)7(16-2-1-4(11)13-8(16)18)21-9(6,14-15-12)3-20-22-19/h1-2,5-7,17H,3H2,(H2,11,13,18)/t5-,6+,7+,9-/m1/s1. The lowest BCUT2D eigenvalue weighted by Crippen LogP contribution is -2.41. The first kappa shape index (κ1) is 16.3. The van der Waals surface area contributed by atoms with Crippen LogP contribution >= 0.6 is 8.69 Å². The van der Waals surface area contributed by atoms with Crippen LogP contribution in [0.2, 0.25) is 0 Å². The maximum atomic E-state index is 14.3. The lowest BCUT2D eigenvalue weighted by atomic mass is 10.1. The molecule has 1 aliphatic heterocycles. The Hall–Kier alpha value is -2.10. The maximum absolute atomic E-state index is 14.3. The Kier molecular flexibility index (Phi) is 4.69. The molecule has 0 unspecified atom stereocenters. The fourth-order valence-corrected chi connectivity index (χ4v) is 2.25. The highest BCUT2D eigenvalue weighted by Gasteiger charge is 2.57. The third-order valence-corrected chi connectivity index (χ3v) is 3.25. The van der Waals surface area contributed by atoms with Gasteiger partial charge in [0.05, 0.1) is 6.61 Å². The first-order chi connectivity index (χ1) is 10.4. The third-order valence-electron chi connectivity index (χ3n) is 3.01. The summed E-state index contributed by atoms with van der Waals surface area (Å²) in [4.78, 5) is 17.6. The molecule has 0 radical (unpaired) electrons. The van der Waals surface area contributed by atoms with Crippen molar-refractivity contribution in [3.63, 3.8) is 0 Å². The molecule has 0 spiro atoms. The van der Waals surface area contributed by atoms with Crippen LogP contribution in [0.4, 0.5) is 10.2 Å². The lowest BCUT2D eigenvalue weighted by molar-refractivity contribution is -0.110. The number of hydrogen-bond acceptors (Lipinski definition) is 8. The Morgan fingerprint density at radius 3 is 3.09 bits per heavy atom. The zero-order valence-corrected chi connectivity index (χ0v) is 11.7. The number of aliphatic hydroxyl groups is 1. The van der Waals surface area contributed by atoms with E-state index >= 15 is 0 Å². The number of ether oxygens (including phenoxy) is 1. The highest BCUT2D eigenvalue weighted by Crippen LogP contribution is 2.40. The van der Waals surface area contributed by atoms with E-state index in [-0.39, 0.29) is 5.82 Å². The number of azide groups is 1. The molecule has 1 aromatic heterocycles. The highest BCUT2D eigenvalue weighted by atomic mass is 31.1. The number of nitrogens with zero attached hydrogens (tertiary/aromatic N) is 5. The number of alkyl halides is 1. The smallest absolute Gasteiger partial charge is 0.351 e. The molecule has 1 aliphatic rings. The molecule has 0 saturated carbocycles. The normalized spacial score (nSPS) is 31.1. The van der Waals surface area contributed by atoms with Gasteiger partial charge in [0.1, 0.15) is 11.9 Å². The number of aliphatic hydroxyl groups excluding tert-OH is 1.